The minimum absolute atomic E-state index is 0.144. The number of hydrogen-bond acceptors (Lipinski definition) is 2. The van der Waals surface area contributed by atoms with Crippen molar-refractivity contribution in [3.63, 3.8) is 0 Å². The lowest BCUT2D eigenvalue weighted by Crippen LogP contribution is -2.21. The Kier molecular flexibility index (Phi) is 5.85. The van der Waals surface area contributed by atoms with Crippen LogP contribution >= 0.6 is 31.9 Å². The highest BCUT2D eigenvalue weighted by Gasteiger charge is 2.11. The van der Waals surface area contributed by atoms with Crippen LogP contribution in [0.3, 0.4) is 0 Å². The fourth-order valence-corrected chi connectivity index (χ4v) is 2.78. The van der Waals surface area contributed by atoms with Gasteiger partial charge in [-0.2, -0.15) is 0 Å². The zero-order chi connectivity index (χ0) is 15.4. The van der Waals surface area contributed by atoms with Gasteiger partial charge in [-0.15, -0.1) is 0 Å². The summed E-state index contributed by atoms with van der Waals surface area (Å²) in [4.78, 5) is 0. The van der Waals surface area contributed by atoms with E-state index in [9.17, 15) is 0 Å². The Morgan fingerprint density at radius 2 is 1.71 bits per heavy atom. The molecule has 2 aromatic rings. The number of nitrogens with two attached hydrogens (primary N) is 1. The third kappa shape index (κ3) is 4.56. The molecule has 1 unspecified atom stereocenters. The van der Waals surface area contributed by atoms with Gasteiger partial charge in [0, 0.05) is 15.0 Å². The lowest BCUT2D eigenvalue weighted by molar-refractivity contribution is 0.468. The molecule has 0 aromatic heterocycles. The number of halogens is 2. The first-order valence-electron chi connectivity index (χ1n) is 6.97. The third-order valence-corrected chi connectivity index (χ3v) is 4.39. The van der Waals surface area contributed by atoms with Gasteiger partial charge in [0.1, 0.15) is 11.5 Å². The van der Waals surface area contributed by atoms with E-state index in [1.54, 1.807) is 0 Å². The Morgan fingerprint density at radius 1 is 1.05 bits per heavy atom. The summed E-state index contributed by atoms with van der Waals surface area (Å²) >= 11 is 7.00. The number of rotatable bonds is 5. The number of aryl methyl sites for hydroxylation is 1. The van der Waals surface area contributed by atoms with E-state index in [0.29, 0.717) is 0 Å². The smallest absolute Gasteiger partial charge is 0.131 e. The maximum absolute atomic E-state index is 6.12. The molecule has 0 radical (unpaired) electrons. The van der Waals surface area contributed by atoms with Crippen LogP contribution in [0.5, 0.6) is 11.5 Å². The standard InChI is InChI=1S/C17H19Br2NO/c1-3-15(20)9-12-8-13(18)6-7-16(12)21-17-10-14(19)5-4-11(17)2/h4-8,10,15H,3,9,20H2,1-2H3. The van der Waals surface area contributed by atoms with Gasteiger partial charge in [0.05, 0.1) is 0 Å². The predicted molar refractivity (Wildman–Crippen MR) is 95.1 cm³/mol. The highest BCUT2D eigenvalue weighted by atomic mass is 79.9. The Hall–Kier alpha value is -0.840. The second-order valence-corrected chi connectivity index (χ2v) is 6.97. The lowest BCUT2D eigenvalue weighted by atomic mass is 10.0. The van der Waals surface area contributed by atoms with Crippen LogP contribution in [-0.2, 0) is 6.42 Å². The van der Waals surface area contributed by atoms with Gasteiger partial charge in [0.25, 0.3) is 0 Å². The monoisotopic (exact) mass is 411 g/mol. The van der Waals surface area contributed by atoms with Crippen LogP contribution < -0.4 is 10.5 Å². The van der Waals surface area contributed by atoms with Crippen LogP contribution in [0.2, 0.25) is 0 Å². The van der Waals surface area contributed by atoms with Gasteiger partial charge < -0.3 is 10.5 Å². The van der Waals surface area contributed by atoms with E-state index in [1.165, 1.54) is 0 Å². The predicted octanol–water partition coefficient (Wildman–Crippen LogP) is 5.59. The second-order valence-electron chi connectivity index (χ2n) is 5.14. The quantitative estimate of drug-likeness (QED) is 0.694. The largest absolute Gasteiger partial charge is 0.457 e. The van der Waals surface area contributed by atoms with Gasteiger partial charge in [-0.3, -0.25) is 0 Å². The Bertz CT molecular complexity index is 628. The zero-order valence-corrected chi connectivity index (χ0v) is 15.4. The van der Waals surface area contributed by atoms with Crippen molar-refractivity contribution in [2.75, 3.05) is 0 Å². The molecular weight excluding hydrogens is 394 g/mol. The average molecular weight is 413 g/mol. The van der Waals surface area contributed by atoms with Gasteiger partial charge in [-0.05, 0) is 61.2 Å². The van der Waals surface area contributed by atoms with Gasteiger partial charge in [0.2, 0.25) is 0 Å². The summed E-state index contributed by atoms with van der Waals surface area (Å²) in [6.45, 7) is 4.14. The highest BCUT2D eigenvalue weighted by Crippen LogP contribution is 2.32. The molecular formula is C17H19Br2NO. The molecule has 0 aliphatic carbocycles. The van der Waals surface area contributed by atoms with Crippen molar-refractivity contribution in [3.8, 4) is 11.5 Å². The first-order chi connectivity index (χ1) is 9.99. The topological polar surface area (TPSA) is 35.2 Å². The van der Waals surface area contributed by atoms with Crippen molar-refractivity contribution in [1.82, 2.24) is 0 Å². The minimum Gasteiger partial charge on any atom is -0.457 e. The molecule has 0 fully saturated rings. The SMILES string of the molecule is CCC(N)Cc1cc(Br)ccc1Oc1cc(Br)ccc1C. The fourth-order valence-electron chi connectivity index (χ4n) is 2.04. The molecule has 0 saturated heterocycles. The van der Waals surface area contributed by atoms with Crippen molar-refractivity contribution >= 4 is 31.9 Å². The van der Waals surface area contributed by atoms with Gasteiger partial charge in [-0.25, -0.2) is 0 Å². The summed E-state index contributed by atoms with van der Waals surface area (Å²) in [5.41, 5.74) is 8.32. The van der Waals surface area contributed by atoms with Crippen LogP contribution in [0.1, 0.15) is 24.5 Å². The van der Waals surface area contributed by atoms with E-state index in [2.05, 4.69) is 44.8 Å². The van der Waals surface area contributed by atoms with Gasteiger partial charge in [-0.1, -0.05) is 44.8 Å². The Labute approximate surface area is 143 Å². The van der Waals surface area contributed by atoms with Crippen molar-refractivity contribution in [1.29, 1.82) is 0 Å². The fraction of sp³-hybridized carbons (Fsp3) is 0.294. The van der Waals surface area contributed by atoms with Crippen LogP contribution in [0.25, 0.3) is 0 Å². The molecule has 0 saturated carbocycles. The number of hydrogen-bond donors (Lipinski definition) is 1. The maximum Gasteiger partial charge on any atom is 0.131 e. The van der Waals surface area contributed by atoms with Crippen molar-refractivity contribution < 1.29 is 4.74 Å². The molecule has 0 amide bonds. The Morgan fingerprint density at radius 3 is 2.43 bits per heavy atom. The third-order valence-electron chi connectivity index (χ3n) is 3.40. The molecule has 112 valence electrons. The lowest BCUT2D eigenvalue weighted by Gasteiger charge is -2.16. The highest BCUT2D eigenvalue weighted by molar-refractivity contribution is 9.10. The van der Waals surface area contributed by atoms with E-state index >= 15 is 0 Å². The first kappa shape index (κ1) is 16.5. The first-order valence-corrected chi connectivity index (χ1v) is 8.56. The molecule has 2 nitrogen and oxygen atoms in total. The van der Waals surface area contributed by atoms with Crippen LogP contribution in [0, 0.1) is 6.92 Å². The summed E-state index contributed by atoms with van der Waals surface area (Å²) in [7, 11) is 0. The molecule has 2 rings (SSSR count). The molecule has 0 bridgehead atoms. The van der Waals surface area contributed by atoms with Crippen molar-refractivity contribution in [2.45, 2.75) is 32.7 Å². The summed E-state index contributed by atoms with van der Waals surface area (Å²) in [6, 6.07) is 12.2. The Balaban J connectivity index is 2.32. The molecule has 0 spiro atoms. The van der Waals surface area contributed by atoms with Crippen molar-refractivity contribution in [3.05, 3.63) is 56.5 Å². The molecule has 4 heteroatoms. The van der Waals surface area contributed by atoms with E-state index in [-0.39, 0.29) is 6.04 Å². The van der Waals surface area contributed by atoms with E-state index < -0.39 is 0 Å². The summed E-state index contributed by atoms with van der Waals surface area (Å²) < 4.78 is 8.16. The van der Waals surface area contributed by atoms with Gasteiger partial charge in [0.15, 0.2) is 0 Å². The van der Waals surface area contributed by atoms with Crippen molar-refractivity contribution in [2.24, 2.45) is 5.73 Å². The van der Waals surface area contributed by atoms with Crippen LogP contribution in [0.15, 0.2) is 45.3 Å². The summed E-state index contributed by atoms with van der Waals surface area (Å²) in [5, 5.41) is 0. The average Bonchev–Trinajstić information content (AvgIpc) is 2.45. The van der Waals surface area contributed by atoms with E-state index in [4.69, 9.17) is 10.5 Å². The van der Waals surface area contributed by atoms with E-state index in [1.807, 2.05) is 37.3 Å². The zero-order valence-electron chi connectivity index (χ0n) is 12.2. The van der Waals surface area contributed by atoms with Crippen LogP contribution in [0.4, 0.5) is 0 Å². The maximum atomic E-state index is 6.12. The molecule has 0 heterocycles. The molecule has 21 heavy (non-hydrogen) atoms. The normalized spacial score (nSPS) is 12.2. The van der Waals surface area contributed by atoms with E-state index in [0.717, 1.165) is 44.4 Å². The number of ether oxygens (including phenoxy) is 1. The number of benzene rings is 2. The molecule has 2 aromatic carbocycles. The molecule has 0 aliphatic rings. The summed E-state index contributed by atoms with van der Waals surface area (Å²) in [5.74, 6) is 1.72. The summed E-state index contributed by atoms with van der Waals surface area (Å²) in [6.07, 6.45) is 1.75. The molecule has 2 N–H and O–H groups in total. The second kappa shape index (κ2) is 7.43. The minimum atomic E-state index is 0.144. The van der Waals surface area contributed by atoms with Crippen LogP contribution in [-0.4, -0.2) is 6.04 Å². The molecule has 1 atom stereocenters. The van der Waals surface area contributed by atoms with Gasteiger partial charge >= 0.3 is 0 Å². The molecule has 0 aliphatic heterocycles.